The lowest BCUT2D eigenvalue weighted by Gasteiger charge is -2.24. The lowest BCUT2D eigenvalue weighted by atomic mass is 10.0. The first-order valence-corrected chi connectivity index (χ1v) is 17.0. The summed E-state index contributed by atoms with van der Waals surface area (Å²) in [6.07, 6.45) is 18.8. The van der Waals surface area contributed by atoms with Gasteiger partial charge >= 0.3 is 7.82 Å². The average Bonchev–Trinajstić information content (AvgIpc) is 2.81. The number of phosphoric acid groups is 1. The Labute approximate surface area is 227 Å². The van der Waals surface area contributed by atoms with Gasteiger partial charge in [0, 0.05) is 12.9 Å². The first-order valence-electron chi connectivity index (χ1n) is 14.3. The largest absolute Gasteiger partial charge is 0.472 e. The quantitative estimate of drug-likeness (QED) is 0.0627. The van der Waals surface area contributed by atoms with Crippen LogP contribution in [-0.2, 0) is 23.1 Å². The van der Waals surface area contributed by atoms with E-state index in [9.17, 15) is 9.46 Å². The first kappa shape index (κ1) is 36.3. The van der Waals surface area contributed by atoms with Crippen molar-refractivity contribution in [3.63, 3.8) is 0 Å². The molecule has 9 heteroatoms. The third-order valence-electron chi connectivity index (χ3n) is 6.03. The van der Waals surface area contributed by atoms with Crippen LogP contribution in [-0.4, -0.2) is 88.2 Å². The van der Waals surface area contributed by atoms with Crippen LogP contribution in [0.4, 0.5) is 0 Å². The van der Waals surface area contributed by atoms with Crippen molar-refractivity contribution in [2.45, 2.75) is 103 Å². The molecule has 0 spiro atoms. The molecule has 36 heavy (non-hydrogen) atoms. The number of quaternary nitrogens is 1. The number of nitrogens with zero attached hydrogens (tertiary/aromatic N) is 1. The zero-order chi connectivity index (χ0) is 27.0. The van der Waals surface area contributed by atoms with E-state index in [0.717, 1.165) is 11.5 Å². The molecule has 218 valence electrons. The number of likely N-dealkylation sites (N-methyl/N-ethyl adjacent to an activating group) is 1. The summed E-state index contributed by atoms with van der Waals surface area (Å²) in [5.74, 6) is 1.79. The van der Waals surface area contributed by atoms with Crippen LogP contribution in [0.1, 0.15) is 96.8 Å². The van der Waals surface area contributed by atoms with E-state index in [1.165, 1.54) is 89.9 Å². The van der Waals surface area contributed by atoms with E-state index in [-0.39, 0.29) is 19.3 Å². The summed E-state index contributed by atoms with van der Waals surface area (Å²) < 4.78 is 34.0. The molecule has 0 fully saturated rings. The van der Waals surface area contributed by atoms with Gasteiger partial charge in [0.05, 0.1) is 47.1 Å². The molecule has 0 radical (unpaired) electrons. The Bertz CT molecular complexity index is 521. The molecule has 0 bridgehead atoms. The summed E-state index contributed by atoms with van der Waals surface area (Å²) >= 11 is 1.81. The number of unbranched alkanes of at least 4 members (excludes halogenated alkanes) is 13. The Morgan fingerprint density at radius 1 is 0.778 bits per heavy atom. The van der Waals surface area contributed by atoms with Crippen molar-refractivity contribution < 1.29 is 32.5 Å². The van der Waals surface area contributed by atoms with Crippen LogP contribution in [0.15, 0.2) is 0 Å². The van der Waals surface area contributed by atoms with E-state index >= 15 is 0 Å². The SMILES string of the molecule is CCCCCCCCCCCCCCCCSCC(COP(=O)(O)OCC[N+](C)(C)C)OCCOC. The van der Waals surface area contributed by atoms with Crippen molar-refractivity contribution in [3.05, 3.63) is 0 Å². The molecule has 0 saturated heterocycles. The predicted octanol–water partition coefficient (Wildman–Crippen LogP) is 7.07. The first-order chi connectivity index (χ1) is 17.2. The smallest absolute Gasteiger partial charge is 0.382 e. The molecule has 0 aliphatic carbocycles. The second kappa shape index (κ2) is 24.4. The topological polar surface area (TPSA) is 74.2 Å². The molecular weight excluding hydrogens is 497 g/mol. The average molecular weight is 557 g/mol. The van der Waals surface area contributed by atoms with E-state index in [1.807, 2.05) is 32.9 Å². The van der Waals surface area contributed by atoms with E-state index in [2.05, 4.69) is 6.92 Å². The monoisotopic (exact) mass is 556 g/mol. The minimum absolute atomic E-state index is 0.0353. The molecule has 0 aliphatic heterocycles. The van der Waals surface area contributed by atoms with Crippen molar-refractivity contribution in [3.8, 4) is 0 Å². The fourth-order valence-corrected chi connectivity index (χ4v) is 5.47. The van der Waals surface area contributed by atoms with Gasteiger partial charge in [-0.1, -0.05) is 90.4 Å². The number of phosphoric ester groups is 1. The lowest BCUT2D eigenvalue weighted by molar-refractivity contribution is -0.870. The van der Waals surface area contributed by atoms with Crippen LogP contribution >= 0.6 is 19.6 Å². The van der Waals surface area contributed by atoms with Crippen LogP contribution < -0.4 is 0 Å². The number of methoxy groups -OCH3 is 1. The Hall–Kier alpha value is 0.340. The highest BCUT2D eigenvalue weighted by molar-refractivity contribution is 7.99. The predicted molar refractivity (Wildman–Crippen MR) is 154 cm³/mol. The van der Waals surface area contributed by atoms with Crippen molar-refractivity contribution in [1.29, 1.82) is 0 Å². The molecule has 0 aromatic heterocycles. The van der Waals surface area contributed by atoms with Gasteiger partial charge in [0.1, 0.15) is 13.2 Å². The third kappa shape index (κ3) is 27.4. The Morgan fingerprint density at radius 2 is 1.31 bits per heavy atom. The Balaban J connectivity index is 3.82. The second-order valence-electron chi connectivity index (χ2n) is 10.8. The van der Waals surface area contributed by atoms with E-state index in [1.54, 1.807) is 7.11 Å². The lowest BCUT2D eigenvalue weighted by Crippen LogP contribution is -2.37. The van der Waals surface area contributed by atoms with Crippen LogP contribution in [0.25, 0.3) is 0 Å². The van der Waals surface area contributed by atoms with E-state index in [4.69, 9.17) is 18.5 Å². The normalized spacial score (nSPS) is 14.7. The van der Waals surface area contributed by atoms with E-state index in [0.29, 0.717) is 24.2 Å². The maximum atomic E-state index is 12.2. The summed E-state index contributed by atoms with van der Waals surface area (Å²) in [7, 11) is 3.55. The molecule has 0 aromatic carbocycles. The van der Waals surface area contributed by atoms with E-state index < -0.39 is 7.82 Å². The van der Waals surface area contributed by atoms with Crippen molar-refractivity contribution >= 4 is 19.6 Å². The molecule has 1 N–H and O–H groups in total. The summed E-state index contributed by atoms with van der Waals surface area (Å²) in [6.45, 7) is 4.01. The van der Waals surface area contributed by atoms with Gasteiger partial charge in [-0.2, -0.15) is 11.8 Å². The van der Waals surface area contributed by atoms with Gasteiger partial charge in [0.2, 0.25) is 0 Å². The standard InChI is InChI=1S/C27H58NO6PS/c1-6-7-8-9-10-11-12-13-14-15-16-17-18-19-24-36-26-27(32-23-22-31-5)25-34-35(29,30)33-21-20-28(2,3)4/h27H,6-26H2,1-5H3/p+1. The van der Waals surface area contributed by atoms with Gasteiger partial charge in [0.15, 0.2) is 0 Å². The molecular formula is C27H59NO6PS+. The van der Waals surface area contributed by atoms with Gasteiger partial charge in [-0.3, -0.25) is 9.05 Å². The zero-order valence-electron chi connectivity index (χ0n) is 24.2. The van der Waals surface area contributed by atoms with Crippen LogP contribution in [0.5, 0.6) is 0 Å². The van der Waals surface area contributed by atoms with Gasteiger partial charge in [0.25, 0.3) is 0 Å². The molecule has 0 aliphatic rings. The molecule has 0 heterocycles. The highest BCUT2D eigenvalue weighted by Gasteiger charge is 2.25. The summed E-state index contributed by atoms with van der Waals surface area (Å²) in [5, 5.41) is 0. The molecule has 0 saturated carbocycles. The fourth-order valence-electron chi connectivity index (χ4n) is 3.70. The highest BCUT2D eigenvalue weighted by Crippen LogP contribution is 2.43. The second-order valence-corrected chi connectivity index (χ2v) is 13.4. The third-order valence-corrected chi connectivity index (χ3v) is 8.20. The van der Waals surface area contributed by atoms with Gasteiger partial charge in [-0.25, -0.2) is 4.57 Å². The van der Waals surface area contributed by atoms with Crippen molar-refractivity contribution in [1.82, 2.24) is 0 Å². The molecule has 0 rings (SSSR count). The van der Waals surface area contributed by atoms with Gasteiger partial charge < -0.3 is 18.9 Å². The fraction of sp³-hybridized carbons (Fsp3) is 1.00. The number of thioether (sulfide) groups is 1. The number of hydrogen-bond acceptors (Lipinski definition) is 6. The molecule has 0 amide bonds. The van der Waals surface area contributed by atoms with Crippen molar-refractivity contribution in [2.24, 2.45) is 0 Å². The highest BCUT2D eigenvalue weighted by atomic mass is 32.2. The summed E-state index contributed by atoms with van der Waals surface area (Å²) in [6, 6.07) is 0. The maximum Gasteiger partial charge on any atom is 0.472 e. The zero-order valence-corrected chi connectivity index (χ0v) is 25.9. The van der Waals surface area contributed by atoms with Gasteiger partial charge in [-0.05, 0) is 12.2 Å². The van der Waals surface area contributed by atoms with Crippen LogP contribution in [0, 0.1) is 0 Å². The minimum Gasteiger partial charge on any atom is -0.382 e. The minimum atomic E-state index is -4.08. The summed E-state index contributed by atoms with van der Waals surface area (Å²) in [5.41, 5.74) is 0. The van der Waals surface area contributed by atoms with Crippen LogP contribution in [0.3, 0.4) is 0 Å². The molecule has 0 aromatic rings. The summed E-state index contributed by atoms with van der Waals surface area (Å²) in [4.78, 5) is 9.96. The molecule has 2 atom stereocenters. The molecule has 2 unspecified atom stereocenters. The number of hydrogen-bond donors (Lipinski definition) is 1. The number of rotatable bonds is 28. The van der Waals surface area contributed by atoms with Crippen LogP contribution in [0.2, 0.25) is 0 Å². The Kier molecular flexibility index (Phi) is 24.6. The maximum absolute atomic E-state index is 12.2. The Morgan fingerprint density at radius 3 is 1.81 bits per heavy atom. The van der Waals surface area contributed by atoms with Crippen molar-refractivity contribution in [2.75, 3.05) is 72.7 Å². The molecule has 7 nitrogen and oxygen atoms in total. The van der Waals surface area contributed by atoms with Gasteiger partial charge in [-0.15, -0.1) is 0 Å². The number of ether oxygens (including phenoxy) is 2.